The number of fused-ring (bicyclic) bond motifs is 6. The van der Waals surface area contributed by atoms with Gasteiger partial charge in [-0.2, -0.15) is 0 Å². The van der Waals surface area contributed by atoms with Crippen molar-refractivity contribution in [1.29, 1.82) is 0 Å². The van der Waals surface area contributed by atoms with Gasteiger partial charge in [-0.05, 0) is 36.3 Å². The van der Waals surface area contributed by atoms with Crippen LogP contribution in [-0.2, 0) is 0 Å². The largest absolute Gasteiger partial charge is 0.304 e. The molecule has 25 heteroatoms. The first kappa shape index (κ1) is 44.4. The average molecular weight is 856 g/mol. The summed E-state index contributed by atoms with van der Waals surface area (Å²) in [5.41, 5.74) is -9.33. The molecule has 2 aliphatic carbocycles. The Morgan fingerprint density at radius 3 is 1.05 bits per heavy atom. The van der Waals surface area contributed by atoms with Crippen LogP contribution in [0, 0.1) is 80.9 Å². The van der Waals surface area contributed by atoms with E-state index in [9.17, 15) is 80.9 Å². The number of hydrogen-bond acceptors (Lipinski definition) is 17. The molecular formula is C37H29N9O16. The second-order valence-electron chi connectivity index (χ2n) is 13.1. The number of non-ortho nitro benzene ring substituents is 4. The van der Waals surface area contributed by atoms with Gasteiger partial charge in [0.15, 0.2) is 0 Å². The Labute approximate surface area is 345 Å². The highest BCUT2D eigenvalue weighted by atomic mass is 16.7. The van der Waals surface area contributed by atoms with E-state index in [1.165, 1.54) is 43.9 Å². The summed E-state index contributed by atoms with van der Waals surface area (Å²) in [5.74, 6) is -1.29. The molecule has 0 spiro atoms. The third-order valence-electron chi connectivity index (χ3n) is 9.98. The van der Waals surface area contributed by atoms with Gasteiger partial charge in [0.25, 0.3) is 45.5 Å². The standard InChI is InChI=1S/C31H14N8O16.C6H15N/c40-32(41)14-6-20-18(21-7-15(33(42)43)11-25(37(50)51)29(21)28(20)24(10-14)36(48)49)4-2-1-3-5-19-22-8-16(34(44)45)12-26(38(52)53)30(22)31-23(19)9-17(35(46)47)13-27(31)39(54)55;1-4-7(5-2)6-3/h1-13,18H;4-6H2,1-3H3/b3-1+,4-2+;. The molecule has 318 valence electrons. The monoisotopic (exact) mass is 855 g/mol. The molecular weight excluding hydrogens is 826 g/mol. The maximum atomic E-state index is 12.1. The van der Waals surface area contributed by atoms with Crippen LogP contribution < -0.4 is 0 Å². The third kappa shape index (κ3) is 8.25. The number of hydrogen-bond donors (Lipinski definition) is 0. The highest BCUT2D eigenvalue weighted by molar-refractivity contribution is 6.08. The van der Waals surface area contributed by atoms with Crippen molar-refractivity contribution in [3.05, 3.63) is 182 Å². The molecule has 0 aromatic heterocycles. The molecule has 0 saturated heterocycles. The Morgan fingerprint density at radius 1 is 0.435 bits per heavy atom. The van der Waals surface area contributed by atoms with Crippen molar-refractivity contribution in [1.82, 2.24) is 4.90 Å². The maximum Gasteiger partial charge on any atom is 0.284 e. The van der Waals surface area contributed by atoms with Crippen molar-refractivity contribution in [3.63, 3.8) is 0 Å². The van der Waals surface area contributed by atoms with Crippen molar-refractivity contribution in [2.75, 3.05) is 19.6 Å². The van der Waals surface area contributed by atoms with Gasteiger partial charge >= 0.3 is 0 Å². The molecule has 0 fully saturated rings. The van der Waals surface area contributed by atoms with Gasteiger partial charge in [-0.15, -0.1) is 0 Å². The van der Waals surface area contributed by atoms with Gasteiger partial charge in [-0.3, -0.25) is 80.9 Å². The second-order valence-corrected chi connectivity index (χ2v) is 13.1. The molecule has 0 bridgehead atoms. The predicted molar refractivity (Wildman–Crippen MR) is 218 cm³/mol. The molecule has 25 nitrogen and oxygen atoms in total. The quantitative estimate of drug-likeness (QED) is 0.0572. The van der Waals surface area contributed by atoms with Gasteiger partial charge in [0.1, 0.15) is 0 Å². The van der Waals surface area contributed by atoms with Crippen molar-refractivity contribution < 1.29 is 39.4 Å². The molecule has 0 heterocycles. The van der Waals surface area contributed by atoms with E-state index in [4.69, 9.17) is 0 Å². The van der Waals surface area contributed by atoms with E-state index in [1.54, 1.807) is 0 Å². The normalized spacial score (nSPS) is 12.3. The zero-order valence-electron chi connectivity index (χ0n) is 32.3. The van der Waals surface area contributed by atoms with E-state index in [1.807, 2.05) is 0 Å². The second kappa shape index (κ2) is 17.6. The lowest BCUT2D eigenvalue weighted by Crippen LogP contribution is -2.21. The minimum absolute atomic E-state index is 0.151. The maximum absolute atomic E-state index is 12.1. The van der Waals surface area contributed by atoms with Crippen LogP contribution in [0.4, 0.5) is 45.5 Å². The zero-order valence-corrected chi connectivity index (χ0v) is 32.3. The molecule has 0 unspecified atom stereocenters. The Kier molecular flexibility index (Phi) is 12.6. The Morgan fingerprint density at radius 2 is 0.758 bits per heavy atom. The summed E-state index contributed by atoms with van der Waals surface area (Å²) in [4.78, 5) is 89.6. The van der Waals surface area contributed by atoms with Gasteiger partial charge in [-0.1, -0.05) is 51.2 Å². The molecule has 4 aromatic carbocycles. The van der Waals surface area contributed by atoms with E-state index in [0.717, 1.165) is 30.3 Å². The number of nitro groups is 8. The molecule has 6 rings (SSSR count). The van der Waals surface area contributed by atoms with E-state index in [2.05, 4.69) is 25.7 Å². The minimum Gasteiger partial charge on any atom is -0.304 e. The fourth-order valence-electron chi connectivity index (χ4n) is 7.24. The van der Waals surface area contributed by atoms with E-state index in [0.29, 0.717) is 24.3 Å². The number of benzene rings is 4. The average Bonchev–Trinajstić information content (AvgIpc) is 3.71. The Hall–Kier alpha value is -8.74. The molecule has 62 heavy (non-hydrogen) atoms. The predicted octanol–water partition coefficient (Wildman–Crippen LogP) is 8.64. The van der Waals surface area contributed by atoms with Gasteiger partial charge in [0, 0.05) is 41.3 Å². The first-order valence-electron chi connectivity index (χ1n) is 17.9. The molecule has 0 radical (unpaired) electrons. The van der Waals surface area contributed by atoms with Gasteiger partial charge < -0.3 is 4.90 Å². The lowest BCUT2D eigenvalue weighted by Gasteiger charge is -2.13. The van der Waals surface area contributed by atoms with Gasteiger partial charge in [0.05, 0.1) is 85.9 Å². The van der Waals surface area contributed by atoms with Crippen LogP contribution in [0.5, 0.6) is 0 Å². The van der Waals surface area contributed by atoms with Crippen molar-refractivity contribution in [2.45, 2.75) is 26.7 Å². The molecule has 0 amide bonds. The number of nitrogens with zero attached hydrogens (tertiary/aromatic N) is 9. The first-order chi connectivity index (χ1) is 29.3. The molecule has 0 saturated carbocycles. The van der Waals surface area contributed by atoms with Crippen LogP contribution in [0.3, 0.4) is 0 Å². The van der Waals surface area contributed by atoms with Crippen LogP contribution in [0.1, 0.15) is 48.9 Å². The molecule has 0 N–H and O–H groups in total. The molecule has 4 aromatic rings. The third-order valence-corrected chi connectivity index (χ3v) is 9.98. The zero-order chi connectivity index (χ0) is 45.9. The summed E-state index contributed by atoms with van der Waals surface area (Å²) in [6.45, 7) is 10.1. The van der Waals surface area contributed by atoms with Crippen LogP contribution in [-0.4, -0.2) is 63.9 Å². The van der Waals surface area contributed by atoms with Crippen molar-refractivity contribution >= 4 is 51.1 Å². The number of rotatable bonds is 14. The summed E-state index contributed by atoms with van der Waals surface area (Å²) in [7, 11) is 0. The van der Waals surface area contributed by atoms with Crippen LogP contribution in [0.25, 0.3) is 27.8 Å². The van der Waals surface area contributed by atoms with Gasteiger partial charge in [-0.25, -0.2) is 0 Å². The Bertz CT molecular complexity index is 2590. The Balaban J connectivity index is 0.000000955. The fraction of sp³-hybridized carbons (Fsp3) is 0.189. The van der Waals surface area contributed by atoms with Gasteiger partial charge in [0.2, 0.25) is 0 Å². The van der Waals surface area contributed by atoms with Crippen LogP contribution in [0.2, 0.25) is 0 Å². The van der Waals surface area contributed by atoms with Crippen molar-refractivity contribution in [3.8, 4) is 22.3 Å². The molecule has 0 aliphatic heterocycles. The van der Waals surface area contributed by atoms with Crippen LogP contribution >= 0.6 is 0 Å². The summed E-state index contributed by atoms with van der Waals surface area (Å²) >= 11 is 0. The molecule has 0 atom stereocenters. The fourth-order valence-corrected chi connectivity index (χ4v) is 7.24. The summed E-state index contributed by atoms with van der Waals surface area (Å²) in [5, 5.41) is 95.1. The highest BCUT2D eigenvalue weighted by Gasteiger charge is 2.43. The summed E-state index contributed by atoms with van der Waals surface area (Å²) < 4.78 is 0. The first-order valence-corrected chi connectivity index (χ1v) is 17.9. The smallest absolute Gasteiger partial charge is 0.284 e. The highest BCUT2D eigenvalue weighted by Crippen LogP contribution is 2.56. The topological polar surface area (TPSA) is 348 Å². The molecule has 2 aliphatic rings. The van der Waals surface area contributed by atoms with Crippen molar-refractivity contribution in [2.24, 2.45) is 0 Å². The summed E-state index contributed by atoms with van der Waals surface area (Å²) in [6.07, 6.45) is 6.04. The van der Waals surface area contributed by atoms with Crippen LogP contribution in [0.15, 0.2) is 78.9 Å². The van der Waals surface area contributed by atoms with E-state index >= 15 is 0 Å². The van der Waals surface area contributed by atoms with E-state index < -0.39 is 113 Å². The lowest BCUT2D eigenvalue weighted by molar-refractivity contribution is -0.395. The lowest BCUT2D eigenvalue weighted by atomic mass is 9.95. The SMILES string of the molecule is CCN(CC)CC.O=[N+]([O-])c1cc2c(c([N+](=O)[O-])c1)-c1c(cc([N+](=O)[O-])cc1[N+](=O)[O-])C2=C/C=C/C=C/C1c2cc([N+](=O)[O-])cc([N+](=O)[O-])c2-c2c1cc([N+](=O)[O-])cc2[N+](=O)[O-]. The minimum atomic E-state index is -1.29. The van der Waals surface area contributed by atoms with E-state index in [-0.39, 0.29) is 27.8 Å². The summed E-state index contributed by atoms with van der Waals surface area (Å²) in [6, 6.07) is 5.96. The number of allylic oxidation sites excluding steroid dienone is 5. The number of nitro benzene ring substituents is 8.